The van der Waals surface area contributed by atoms with Gasteiger partial charge in [-0.3, -0.25) is 4.99 Å². The maximum atomic E-state index is 5.92. The molecule has 1 aromatic carbocycles. The molecule has 2 aromatic rings. The number of fused-ring (bicyclic) bond motifs is 3. The van der Waals surface area contributed by atoms with E-state index < -0.39 is 0 Å². The van der Waals surface area contributed by atoms with E-state index in [0.29, 0.717) is 18.2 Å². The number of rotatable bonds is 5. The van der Waals surface area contributed by atoms with Crippen LogP contribution in [0.4, 0.5) is 0 Å². The molecule has 0 spiro atoms. The molecule has 0 saturated carbocycles. The standard InChI is InChI=1S/C19H26N4O/c1-2-20-19(23-17-12-15-7-8-18(17)24-15)21-10-9-14-11-13-5-3-4-6-16(13)22-14/h3-6,11,15,17-18,22H,2,7-10,12H2,1H3,(H2,20,21,23). The number of aromatic nitrogens is 1. The van der Waals surface area contributed by atoms with Crippen LogP contribution in [0.15, 0.2) is 35.3 Å². The molecule has 2 bridgehead atoms. The van der Waals surface area contributed by atoms with Gasteiger partial charge in [0.15, 0.2) is 5.96 Å². The minimum atomic E-state index is 0.368. The van der Waals surface area contributed by atoms with Gasteiger partial charge in [0.05, 0.1) is 18.2 Å². The van der Waals surface area contributed by atoms with E-state index in [9.17, 15) is 0 Å². The normalized spacial score (nSPS) is 26.2. The first-order valence-corrected chi connectivity index (χ1v) is 9.09. The summed E-state index contributed by atoms with van der Waals surface area (Å²) in [5, 5.41) is 8.18. The Morgan fingerprint density at radius 3 is 3.00 bits per heavy atom. The van der Waals surface area contributed by atoms with Gasteiger partial charge >= 0.3 is 0 Å². The van der Waals surface area contributed by atoms with Crippen molar-refractivity contribution in [2.45, 2.75) is 50.9 Å². The minimum absolute atomic E-state index is 0.368. The predicted molar refractivity (Wildman–Crippen MR) is 97.4 cm³/mol. The molecule has 4 rings (SSSR count). The minimum Gasteiger partial charge on any atom is -0.373 e. The Morgan fingerprint density at radius 2 is 2.25 bits per heavy atom. The molecule has 24 heavy (non-hydrogen) atoms. The van der Waals surface area contributed by atoms with Crippen molar-refractivity contribution in [3.63, 3.8) is 0 Å². The fraction of sp³-hybridized carbons (Fsp3) is 0.526. The summed E-state index contributed by atoms with van der Waals surface area (Å²) in [7, 11) is 0. The summed E-state index contributed by atoms with van der Waals surface area (Å²) in [6, 6.07) is 11.0. The number of nitrogens with one attached hydrogen (secondary N) is 3. The van der Waals surface area contributed by atoms with Crippen LogP contribution in [0.25, 0.3) is 10.9 Å². The summed E-state index contributed by atoms with van der Waals surface area (Å²) in [5.41, 5.74) is 2.43. The summed E-state index contributed by atoms with van der Waals surface area (Å²) < 4.78 is 5.92. The van der Waals surface area contributed by atoms with Gasteiger partial charge in [-0.05, 0) is 43.7 Å². The molecule has 3 heterocycles. The second kappa shape index (κ2) is 6.85. The molecule has 2 aliphatic heterocycles. The van der Waals surface area contributed by atoms with Crippen molar-refractivity contribution < 1.29 is 4.74 Å². The highest BCUT2D eigenvalue weighted by molar-refractivity contribution is 5.81. The van der Waals surface area contributed by atoms with E-state index in [-0.39, 0.29) is 0 Å². The molecule has 0 radical (unpaired) electrons. The maximum Gasteiger partial charge on any atom is 0.191 e. The van der Waals surface area contributed by atoms with Crippen LogP contribution in [0.2, 0.25) is 0 Å². The number of hydrogen-bond donors (Lipinski definition) is 3. The third kappa shape index (κ3) is 3.26. The average Bonchev–Trinajstić information content (AvgIpc) is 3.29. The molecule has 128 valence electrons. The van der Waals surface area contributed by atoms with Gasteiger partial charge in [0.25, 0.3) is 0 Å². The second-order valence-corrected chi connectivity index (χ2v) is 6.75. The van der Waals surface area contributed by atoms with Crippen molar-refractivity contribution in [3.8, 4) is 0 Å². The van der Waals surface area contributed by atoms with Crippen LogP contribution >= 0.6 is 0 Å². The topological polar surface area (TPSA) is 61.4 Å². The van der Waals surface area contributed by atoms with E-state index in [1.807, 2.05) is 0 Å². The summed E-state index contributed by atoms with van der Waals surface area (Å²) >= 11 is 0. The van der Waals surface area contributed by atoms with Gasteiger partial charge in [-0.25, -0.2) is 0 Å². The lowest BCUT2D eigenvalue weighted by Gasteiger charge is -2.22. The average molecular weight is 326 g/mol. The largest absolute Gasteiger partial charge is 0.373 e. The zero-order valence-corrected chi connectivity index (χ0v) is 14.2. The molecule has 5 heteroatoms. The first-order valence-electron chi connectivity index (χ1n) is 9.09. The van der Waals surface area contributed by atoms with Crippen LogP contribution in [-0.2, 0) is 11.2 Å². The Morgan fingerprint density at radius 1 is 1.33 bits per heavy atom. The van der Waals surface area contributed by atoms with Gasteiger partial charge in [0.2, 0.25) is 0 Å². The summed E-state index contributed by atoms with van der Waals surface area (Å²) in [6.07, 6.45) is 5.25. The molecule has 2 aliphatic rings. The van der Waals surface area contributed by atoms with E-state index in [4.69, 9.17) is 9.73 Å². The quantitative estimate of drug-likeness (QED) is 0.585. The lowest BCUT2D eigenvalue weighted by Crippen LogP contribution is -2.47. The Balaban J connectivity index is 1.36. The molecule has 2 saturated heterocycles. The molecule has 1 aromatic heterocycles. The molecular weight excluding hydrogens is 300 g/mol. The molecule has 2 fully saturated rings. The van der Waals surface area contributed by atoms with E-state index in [1.54, 1.807) is 0 Å². The van der Waals surface area contributed by atoms with E-state index in [1.165, 1.54) is 29.4 Å². The molecule has 0 amide bonds. The number of para-hydroxylation sites is 1. The molecule has 0 aliphatic carbocycles. The summed E-state index contributed by atoms with van der Waals surface area (Å²) in [5.74, 6) is 0.912. The number of benzene rings is 1. The van der Waals surface area contributed by atoms with Gasteiger partial charge in [-0.2, -0.15) is 0 Å². The number of guanidine groups is 1. The first-order chi connectivity index (χ1) is 11.8. The number of hydrogen-bond acceptors (Lipinski definition) is 2. The first kappa shape index (κ1) is 15.5. The third-order valence-corrected chi connectivity index (χ3v) is 5.01. The van der Waals surface area contributed by atoms with E-state index >= 15 is 0 Å². The van der Waals surface area contributed by atoms with Crippen LogP contribution in [0.3, 0.4) is 0 Å². The van der Waals surface area contributed by atoms with E-state index in [0.717, 1.165) is 31.9 Å². The molecule has 3 unspecified atom stereocenters. The van der Waals surface area contributed by atoms with Gasteiger partial charge < -0.3 is 20.4 Å². The maximum absolute atomic E-state index is 5.92. The monoisotopic (exact) mass is 326 g/mol. The summed E-state index contributed by atoms with van der Waals surface area (Å²) in [4.78, 5) is 8.21. The van der Waals surface area contributed by atoms with Gasteiger partial charge in [0.1, 0.15) is 0 Å². The Hall–Kier alpha value is -2.01. The van der Waals surface area contributed by atoms with Gasteiger partial charge in [0, 0.05) is 30.7 Å². The van der Waals surface area contributed by atoms with Crippen molar-refractivity contribution in [1.82, 2.24) is 15.6 Å². The van der Waals surface area contributed by atoms with Crippen LogP contribution < -0.4 is 10.6 Å². The van der Waals surface area contributed by atoms with Crippen molar-refractivity contribution in [2.24, 2.45) is 4.99 Å². The number of ether oxygens (including phenoxy) is 1. The number of nitrogens with zero attached hydrogens (tertiary/aromatic N) is 1. The summed E-state index contributed by atoms with van der Waals surface area (Å²) in [6.45, 7) is 3.75. The zero-order chi connectivity index (χ0) is 16.4. The van der Waals surface area contributed by atoms with Crippen LogP contribution in [0.1, 0.15) is 31.9 Å². The highest BCUT2D eigenvalue weighted by Gasteiger charge is 2.41. The van der Waals surface area contributed by atoms with Gasteiger partial charge in [-0.15, -0.1) is 0 Å². The highest BCUT2D eigenvalue weighted by Crippen LogP contribution is 2.34. The number of H-pyrrole nitrogens is 1. The van der Waals surface area contributed by atoms with Crippen molar-refractivity contribution in [1.29, 1.82) is 0 Å². The fourth-order valence-electron chi connectivity index (χ4n) is 3.84. The van der Waals surface area contributed by atoms with E-state index in [2.05, 4.69) is 52.9 Å². The Bertz CT molecular complexity index is 690. The smallest absolute Gasteiger partial charge is 0.191 e. The van der Waals surface area contributed by atoms with Crippen molar-refractivity contribution in [2.75, 3.05) is 13.1 Å². The lowest BCUT2D eigenvalue weighted by molar-refractivity contribution is 0.0992. The predicted octanol–water partition coefficient (Wildman–Crippen LogP) is 2.59. The van der Waals surface area contributed by atoms with Crippen molar-refractivity contribution in [3.05, 3.63) is 36.0 Å². The number of aliphatic imine (C=N–C) groups is 1. The van der Waals surface area contributed by atoms with Crippen LogP contribution in [0.5, 0.6) is 0 Å². The lowest BCUT2D eigenvalue weighted by atomic mass is 9.96. The fourth-order valence-corrected chi connectivity index (χ4v) is 3.84. The zero-order valence-electron chi connectivity index (χ0n) is 14.2. The number of aromatic amines is 1. The molecule has 3 N–H and O–H groups in total. The molecule has 3 atom stereocenters. The van der Waals surface area contributed by atoms with Gasteiger partial charge in [-0.1, -0.05) is 18.2 Å². The second-order valence-electron chi connectivity index (χ2n) is 6.75. The SMILES string of the molecule is CCNC(=NCCc1cc2ccccc2[nH]1)NC1CC2CCC1O2. The molecule has 5 nitrogen and oxygen atoms in total. The Labute approximate surface area is 142 Å². The van der Waals surface area contributed by atoms with Crippen LogP contribution in [-0.4, -0.2) is 42.3 Å². The van der Waals surface area contributed by atoms with Crippen LogP contribution in [0, 0.1) is 0 Å². The molecular formula is C19H26N4O. The Kier molecular flexibility index (Phi) is 4.43. The van der Waals surface area contributed by atoms with Crippen molar-refractivity contribution >= 4 is 16.9 Å². The third-order valence-electron chi connectivity index (χ3n) is 5.01. The highest BCUT2D eigenvalue weighted by atomic mass is 16.5.